The van der Waals surface area contributed by atoms with Crippen molar-refractivity contribution >= 4 is 35.2 Å². The van der Waals surface area contributed by atoms with Gasteiger partial charge in [-0.05, 0) is 29.3 Å². The third-order valence-electron chi connectivity index (χ3n) is 3.20. The van der Waals surface area contributed by atoms with Gasteiger partial charge in [-0.15, -0.1) is 0 Å². The van der Waals surface area contributed by atoms with Crippen LogP contribution < -0.4 is 10.1 Å². The number of nitrogens with one attached hydrogen (secondary N) is 1. The van der Waals surface area contributed by atoms with E-state index >= 15 is 0 Å². The minimum atomic E-state index is -0.468. The number of hydrogen-bond acceptors (Lipinski definition) is 3. The Morgan fingerprint density at radius 3 is 2.42 bits per heavy atom. The Bertz CT molecular complexity index is 789. The average Bonchev–Trinajstić information content (AvgIpc) is 2.58. The molecule has 4 nitrogen and oxygen atoms in total. The molecular formula is C18H14Cl2N2O2. The second-order valence-electron chi connectivity index (χ2n) is 4.86. The van der Waals surface area contributed by atoms with Gasteiger partial charge >= 0.3 is 0 Å². The second kappa shape index (κ2) is 8.39. The van der Waals surface area contributed by atoms with Crippen LogP contribution >= 0.6 is 23.2 Å². The van der Waals surface area contributed by atoms with Crippen LogP contribution in [0.15, 0.2) is 48.0 Å². The first-order valence-corrected chi connectivity index (χ1v) is 7.77. The number of ether oxygens (including phenoxy) is 1. The molecule has 0 saturated heterocycles. The van der Waals surface area contributed by atoms with Gasteiger partial charge in [0.05, 0.1) is 17.2 Å². The summed E-state index contributed by atoms with van der Waals surface area (Å²) >= 11 is 12.1. The molecule has 2 aromatic rings. The predicted octanol–water partition coefficient (Wildman–Crippen LogP) is 4.23. The first kappa shape index (κ1) is 17.9. The van der Waals surface area contributed by atoms with Gasteiger partial charge in [0.1, 0.15) is 11.6 Å². The van der Waals surface area contributed by atoms with E-state index in [-0.39, 0.29) is 5.57 Å². The first-order valence-electron chi connectivity index (χ1n) is 7.02. The highest BCUT2D eigenvalue weighted by Gasteiger charge is 2.12. The van der Waals surface area contributed by atoms with Crippen molar-refractivity contribution in [3.05, 3.63) is 69.2 Å². The Labute approximate surface area is 150 Å². The molecule has 2 aromatic carbocycles. The van der Waals surface area contributed by atoms with Gasteiger partial charge in [0.25, 0.3) is 5.91 Å². The van der Waals surface area contributed by atoms with E-state index in [0.29, 0.717) is 27.9 Å². The normalized spacial score (nSPS) is 10.8. The molecule has 0 atom stereocenters. The van der Waals surface area contributed by atoms with Crippen molar-refractivity contribution in [2.24, 2.45) is 0 Å². The fourth-order valence-corrected chi connectivity index (χ4v) is 2.70. The van der Waals surface area contributed by atoms with Crippen LogP contribution in [0.25, 0.3) is 6.08 Å². The summed E-state index contributed by atoms with van der Waals surface area (Å²) in [6.45, 7) is 0.336. The maximum Gasteiger partial charge on any atom is 0.262 e. The Balaban J connectivity index is 2.17. The quantitative estimate of drug-likeness (QED) is 0.641. The second-order valence-corrected chi connectivity index (χ2v) is 5.67. The topological polar surface area (TPSA) is 62.1 Å². The zero-order valence-electron chi connectivity index (χ0n) is 12.8. The Kier molecular flexibility index (Phi) is 6.25. The molecule has 0 radical (unpaired) electrons. The van der Waals surface area contributed by atoms with Crippen molar-refractivity contribution in [1.82, 2.24) is 5.32 Å². The largest absolute Gasteiger partial charge is 0.494 e. The lowest BCUT2D eigenvalue weighted by molar-refractivity contribution is -0.117. The fourth-order valence-electron chi connectivity index (χ4n) is 2.05. The summed E-state index contributed by atoms with van der Waals surface area (Å²) < 4.78 is 5.07. The van der Waals surface area contributed by atoms with E-state index in [1.165, 1.54) is 13.2 Å². The van der Waals surface area contributed by atoms with Crippen LogP contribution in [0.2, 0.25) is 10.0 Å². The van der Waals surface area contributed by atoms with Gasteiger partial charge in [-0.3, -0.25) is 4.79 Å². The highest BCUT2D eigenvalue weighted by molar-refractivity contribution is 6.37. The molecule has 1 amide bonds. The number of carbonyl (C=O) groups is 1. The van der Waals surface area contributed by atoms with E-state index in [1.807, 2.05) is 36.4 Å². The number of rotatable bonds is 5. The summed E-state index contributed by atoms with van der Waals surface area (Å²) in [5.74, 6) is -0.119. The Morgan fingerprint density at radius 2 is 1.88 bits per heavy atom. The molecule has 122 valence electrons. The minimum absolute atomic E-state index is 0.0387. The number of benzene rings is 2. The predicted molar refractivity (Wildman–Crippen MR) is 94.9 cm³/mol. The van der Waals surface area contributed by atoms with Crippen molar-refractivity contribution in [3.63, 3.8) is 0 Å². The number of halogens is 2. The van der Waals surface area contributed by atoms with E-state index in [4.69, 9.17) is 27.9 Å². The van der Waals surface area contributed by atoms with Crippen molar-refractivity contribution in [2.75, 3.05) is 7.11 Å². The summed E-state index contributed by atoms with van der Waals surface area (Å²) in [4.78, 5) is 12.2. The summed E-state index contributed by atoms with van der Waals surface area (Å²) in [5.41, 5.74) is 1.44. The molecule has 0 bridgehead atoms. The maximum atomic E-state index is 12.2. The molecule has 24 heavy (non-hydrogen) atoms. The zero-order chi connectivity index (χ0) is 17.5. The van der Waals surface area contributed by atoms with Gasteiger partial charge in [-0.1, -0.05) is 53.5 Å². The Hall–Kier alpha value is -2.48. The number of nitrogens with zero attached hydrogens (tertiary/aromatic N) is 1. The minimum Gasteiger partial charge on any atom is -0.494 e. The van der Waals surface area contributed by atoms with Crippen LogP contribution in [0, 0.1) is 11.3 Å². The van der Waals surface area contributed by atoms with Crippen molar-refractivity contribution < 1.29 is 9.53 Å². The monoisotopic (exact) mass is 360 g/mol. The summed E-state index contributed by atoms with van der Waals surface area (Å²) in [6.07, 6.45) is 1.43. The van der Waals surface area contributed by atoms with Crippen molar-refractivity contribution in [3.8, 4) is 11.8 Å². The first-order chi connectivity index (χ1) is 11.5. The van der Waals surface area contributed by atoms with Crippen LogP contribution in [-0.4, -0.2) is 13.0 Å². The lowest BCUT2D eigenvalue weighted by Crippen LogP contribution is -2.23. The van der Waals surface area contributed by atoms with Crippen LogP contribution in [0.5, 0.6) is 5.75 Å². The zero-order valence-corrected chi connectivity index (χ0v) is 14.4. The lowest BCUT2D eigenvalue weighted by atomic mass is 10.1. The van der Waals surface area contributed by atoms with Gasteiger partial charge < -0.3 is 10.1 Å². The van der Waals surface area contributed by atoms with E-state index < -0.39 is 5.91 Å². The third kappa shape index (κ3) is 4.51. The molecule has 0 aliphatic carbocycles. The standard InChI is InChI=1S/C18H14Cl2N2O2/c1-24-17-15(19)8-13(9-16(17)20)7-14(10-21)18(23)22-11-12-5-3-2-4-6-12/h2-9H,11H2,1H3,(H,22,23)/b14-7-. The number of amides is 1. The lowest BCUT2D eigenvalue weighted by Gasteiger charge is -2.07. The van der Waals surface area contributed by atoms with Crippen molar-refractivity contribution in [2.45, 2.75) is 6.54 Å². The molecular weight excluding hydrogens is 347 g/mol. The molecule has 0 heterocycles. The summed E-state index contributed by atoms with van der Waals surface area (Å²) in [6, 6.07) is 14.5. The number of nitriles is 1. The van der Waals surface area contributed by atoms with Gasteiger partial charge in [0.15, 0.2) is 5.75 Å². The molecule has 0 saturated carbocycles. The van der Waals surface area contributed by atoms with Crippen LogP contribution in [0.1, 0.15) is 11.1 Å². The van der Waals surface area contributed by atoms with E-state index in [1.54, 1.807) is 12.1 Å². The smallest absolute Gasteiger partial charge is 0.262 e. The van der Waals surface area contributed by atoms with Crippen LogP contribution in [0.4, 0.5) is 0 Å². The van der Waals surface area contributed by atoms with Gasteiger partial charge in [0, 0.05) is 6.54 Å². The maximum absolute atomic E-state index is 12.2. The molecule has 0 spiro atoms. The number of methoxy groups -OCH3 is 1. The molecule has 0 fully saturated rings. The molecule has 2 rings (SSSR count). The summed E-state index contributed by atoms with van der Waals surface area (Å²) in [5, 5.41) is 12.5. The molecule has 1 N–H and O–H groups in total. The SMILES string of the molecule is COc1c(Cl)cc(/C=C(/C#N)C(=O)NCc2ccccc2)cc1Cl. The highest BCUT2D eigenvalue weighted by atomic mass is 35.5. The van der Waals surface area contributed by atoms with E-state index in [0.717, 1.165) is 5.56 Å². The molecule has 0 aliphatic rings. The molecule has 0 aliphatic heterocycles. The van der Waals surface area contributed by atoms with E-state index in [9.17, 15) is 10.1 Å². The number of hydrogen-bond donors (Lipinski definition) is 1. The van der Waals surface area contributed by atoms with E-state index in [2.05, 4.69) is 5.32 Å². The fraction of sp³-hybridized carbons (Fsp3) is 0.111. The van der Waals surface area contributed by atoms with Gasteiger partial charge in [-0.25, -0.2) is 0 Å². The molecule has 0 aromatic heterocycles. The average molecular weight is 361 g/mol. The van der Waals surface area contributed by atoms with Gasteiger partial charge in [0.2, 0.25) is 0 Å². The molecule has 0 unspecified atom stereocenters. The van der Waals surface area contributed by atoms with Crippen LogP contribution in [0.3, 0.4) is 0 Å². The van der Waals surface area contributed by atoms with Gasteiger partial charge in [-0.2, -0.15) is 5.26 Å². The molecule has 6 heteroatoms. The Morgan fingerprint density at radius 1 is 1.25 bits per heavy atom. The van der Waals surface area contributed by atoms with Crippen LogP contribution in [-0.2, 0) is 11.3 Å². The third-order valence-corrected chi connectivity index (χ3v) is 3.76. The van der Waals surface area contributed by atoms with Crippen molar-refractivity contribution in [1.29, 1.82) is 5.26 Å². The number of carbonyl (C=O) groups excluding carboxylic acids is 1. The highest BCUT2D eigenvalue weighted by Crippen LogP contribution is 2.34. The summed E-state index contributed by atoms with van der Waals surface area (Å²) in [7, 11) is 1.46.